The highest BCUT2D eigenvalue weighted by molar-refractivity contribution is 7.99. The maximum absolute atomic E-state index is 11.8. The minimum absolute atomic E-state index is 0.236. The van der Waals surface area contributed by atoms with E-state index in [4.69, 9.17) is 0 Å². The fourth-order valence-electron chi connectivity index (χ4n) is 1.45. The van der Waals surface area contributed by atoms with Gasteiger partial charge in [0, 0.05) is 22.3 Å². The Kier molecular flexibility index (Phi) is 5.68. The third-order valence-corrected chi connectivity index (χ3v) is 3.23. The SMILES string of the molecule is CNCC(O)C(=O)c1ccc(SC(C)C)cc1. The summed E-state index contributed by atoms with van der Waals surface area (Å²) in [7, 11) is 1.71. The van der Waals surface area contributed by atoms with E-state index in [1.165, 1.54) is 0 Å². The molecule has 0 aliphatic carbocycles. The van der Waals surface area contributed by atoms with E-state index in [2.05, 4.69) is 19.2 Å². The Balaban J connectivity index is 2.70. The van der Waals surface area contributed by atoms with Crippen molar-refractivity contribution in [3.63, 3.8) is 0 Å². The number of aliphatic hydroxyl groups is 1. The maximum Gasteiger partial charge on any atom is 0.192 e. The highest BCUT2D eigenvalue weighted by Crippen LogP contribution is 2.23. The second-order valence-electron chi connectivity index (χ2n) is 4.13. The zero-order valence-corrected chi connectivity index (χ0v) is 11.3. The molecule has 1 aromatic carbocycles. The molecule has 0 bridgehead atoms. The normalized spacial score (nSPS) is 12.8. The van der Waals surface area contributed by atoms with Gasteiger partial charge in [-0.05, 0) is 19.2 Å². The van der Waals surface area contributed by atoms with Gasteiger partial charge in [-0.1, -0.05) is 26.0 Å². The number of thioether (sulfide) groups is 1. The summed E-state index contributed by atoms with van der Waals surface area (Å²) in [6, 6.07) is 7.38. The Morgan fingerprint density at radius 3 is 2.41 bits per heavy atom. The van der Waals surface area contributed by atoms with Gasteiger partial charge in [0.15, 0.2) is 5.78 Å². The van der Waals surface area contributed by atoms with Crippen molar-refractivity contribution in [2.75, 3.05) is 13.6 Å². The second-order valence-corrected chi connectivity index (χ2v) is 5.78. The number of likely N-dealkylation sites (N-methyl/N-ethyl adjacent to an activating group) is 1. The van der Waals surface area contributed by atoms with Crippen molar-refractivity contribution < 1.29 is 9.90 Å². The van der Waals surface area contributed by atoms with Gasteiger partial charge in [-0.25, -0.2) is 0 Å². The zero-order valence-electron chi connectivity index (χ0n) is 10.4. The van der Waals surface area contributed by atoms with Crippen LogP contribution < -0.4 is 5.32 Å². The summed E-state index contributed by atoms with van der Waals surface area (Å²) in [6.45, 7) is 4.53. The molecule has 4 heteroatoms. The van der Waals surface area contributed by atoms with Gasteiger partial charge in [0.25, 0.3) is 0 Å². The largest absolute Gasteiger partial charge is 0.384 e. The predicted molar refractivity (Wildman–Crippen MR) is 71.7 cm³/mol. The molecule has 3 nitrogen and oxygen atoms in total. The van der Waals surface area contributed by atoms with Crippen molar-refractivity contribution in [2.24, 2.45) is 0 Å². The Bertz CT molecular complexity index is 362. The topological polar surface area (TPSA) is 49.3 Å². The van der Waals surface area contributed by atoms with Crippen molar-refractivity contribution in [2.45, 2.75) is 30.1 Å². The van der Waals surface area contributed by atoms with Crippen molar-refractivity contribution in [1.82, 2.24) is 5.32 Å². The molecular weight excluding hydrogens is 234 g/mol. The number of Topliss-reactive ketones (excluding diaryl/α,β-unsaturated/α-hetero) is 1. The Labute approximate surface area is 107 Å². The number of aliphatic hydroxyl groups excluding tert-OH is 1. The molecule has 0 aromatic heterocycles. The van der Waals surface area contributed by atoms with Crippen LogP contribution in [0.25, 0.3) is 0 Å². The van der Waals surface area contributed by atoms with Gasteiger partial charge in [-0.2, -0.15) is 0 Å². The molecule has 2 N–H and O–H groups in total. The summed E-state index contributed by atoms with van der Waals surface area (Å²) < 4.78 is 0. The predicted octanol–water partition coefficient (Wildman–Crippen LogP) is 1.95. The van der Waals surface area contributed by atoms with E-state index in [-0.39, 0.29) is 12.3 Å². The van der Waals surface area contributed by atoms with Gasteiger partial charge in [0.05, 0.1) is 0 Å². The molecule has 94 valence electrons. The number of nitrogens with one attached hydrogen (secondary N) is 1. The molecule has 0 saturated carbocycles. The molecule has 0 aliphatic heterocycles. The molecule has 0 amide bonds. The summed E-state index contributed by atoms with van der Waals surface area (Å²) in [4.78, 5) is 12.9. The molecular formula is C13H19NO2S. The van der Waals surface area contributed by atoms with Gasteiger partial charge < -0.3 is 10.4 Å². The summed E-state index contributed by atoms with van der Waals surface area (Å²) in [5, 5.41) is 12.9. The first-order valence-electron chi connectivity index (χ1n) is 5.68. The van der Waals surface area contributed by atoms with Crippen LogP contribution in [-0.4, -0.2) is 35.8 Å². The third kappa shape index (κ3) is 4.50. The first-order valence-corrected chi connectivity index (χ1v) is 6.56. The Hall–Kier alpha value is -0.840. The molecule has 0 radical (unpaired) electrons. The lowest BCUT2D eigenvalue weighted by Crippen LogP contribution is -2.31. The van der Waals surface area contributed by atoms with Crippen LogP contribution >= 0.6 is 11.8 Å². The number of hydrogen-bond donors (Lipinski definition) is 2. The fourth-order valence-corrected chi connectivity index (χ4v) is 2.29. The van der Waals surface area contributed by atoms with Crippen molar-refractivity contribution in [3.05, 3.63) is 29.8 Å². The van der Waals surface area contributed by atoms with Gasteiger partial charge in [-0.3, -0.25) is 4.79 Å². The van der Waals surface area contributed by atoms with E-state index in [1.807, 2.05) is 12.1 Å². The van der Waals surface area contributed by atoms with Gasteiger partial charge >= 0.3 is 0 Å². The lowest BCUT2D eigenvalue weighted by molar-refractivity contribution is 0.0750. The van der Waals surface area contributed by atoms with E-state index in [0.29, 0.717) is 10.8 Å². The number of benzene rings is 1. The van der Waals surface area contributed by atoms with Gasteiger partial charge in [0.1, 0.15) is 6.10 Å². The quantitative estimate of drug-likeness (QED) is 0.601. The van der Waals surface area contributed by atoms with Gasteiger partial charge in [0.2, 0.25) is 0 Å². The first-order chi connectivity index (χ1) is 8.04. The van der Waals surface area contributed by atoms with Crippen molar-refractivity contribution in [3.8, 4) is 0 Å². The molecule has 1 aromatic rings. The highest BCUT2D eigenvalue weighted by atomic mass is 32.2. The van der Waals surface area contributed by atoms with E-state index in [9.17, 15) is 9.90 Å². The van der Waals surface area contributed by atoms with Gasteiger partial charge in [-0.15, -0.1) is 11.8 Å². The summed E-state index contributed by atoms with van der Waals surface area (Å²) in [6.07, 6.45) is -0.969. The first kappa shape index (κ1) is 14.2. The molecule has 1 rings (SSSR count). The highest BCUT2D eigenvalue weighted by Gasteiger charge is 2.15. The van der Waals surface area contributed by atoms with Crippen LogP contribution in [0.5, 0.6) is 0 Å². The Morgan fingerprint density at radius 2 is 1.94 bits per heavy atom. The summed E-state index contributed by atoms with van der Waals surface area (Å²) in [5.74, 6) is -0.236. The van der Waals surface area contributed by atoms with Crippen LogP contribution in [0.2, 0.25) is 0 Å². The minimum atomic E-state index is -0.969. The number of hydrogen-bond acceptors (Lipinski definition) is 4. The van der Waals surface area contributed by atoms with Crippen LogP contribution in [0.1, 0.15) is 24.2 Å². The molecule has 0 heterocycles. The lowest BCUT2D eigenvalue weighted by atomic mass is 10.1. The van der Waals surface area contributed by atoms with Crippen molar-refractivity contribution >= 4 is 17.5 Å². The Morgan fingerprint density at radius 1 is 1.35 bits per heavy atom. The fraction of sp³-hybridized carbons (Fsp3) is 0.462. The molecule has 0 spiro atoms. The zero-order chi connectivity index (χ0) is 12.8. The van der Waals surface area contributed by atoms with Crippen molar-refractivity contribution in [1.29, 1.82) is 0 Å². The second kappa shape index (κ2) is 6.79. The third-order valence-electron chi connectivity index (χ3n) is 2.21. The van der Waals surface area contributed by atoms with E-state index >= 15 is 0 Å². The molecule has 17 heavy (non-hydrogen) atoms. The number of carbonyl (C=O) groups is 1. The summed E-state index contributed by atoms with van der Waals surface area (Å²) in [5.41, 5.74) is 0.556. The van der Waals surface area contributed by atoms with E-state index in [0.717, 1.165) is 4.90 Å². The van der Waals surface area contributed by atoms with Crippen LogP contribution in [0, 0.1) is 0 Å². The molecule has 0 aliphatic rings. The van der Waals surface area contributed by atoms with Crippen LogP contribution in [0.3, 0.4) is 0 Å². The number of ketones is 1. The van der Waals surface area contributed by atoms with Crippen LogP contribution in [0.15, 0.2) is 29.2 Å². The molecule has 0 saturated heterocycles. The maximum atomic E-state index is 11.8. The molecule has 1 unspecified atom stereocenters. The summed E-state index contributed by atoms with van der Waals surface area (Å²) >= 11 is 1.75. The van der Waals surface area contributed by atoms with Crippen LogP contribution in [0.4, 0.5) is 0 Å². The average Bonchev–Trinajstić information content (AvgIpc) is 2.28. The molecule has 1 atom stereocenters. The minimum Gasteiger partial charge on any atom is -0.384 e. The number of rotatable bonds is 6. The van der Waals surface area contributed by atoms with Crippen LogP contribution in [-0.2, 0) is 0 Å². The van der Waals surface area contributed by atoms with E-state index in [1.54, 1.807) is 30.9 Å². The number of carbonyl (C=O) groups excluding carboxylic acids is 1. The standard InChI is InChI=1S/C13H19NO2S/c1-9(2)17-11-6-4-10(5-7-11)13(16)12(15)8-14-3/h4-7,9,12,14-15H,8H2,1-3H3. The molecule has 0 fully saturated rings. The lowest BCUT2D eigenvalue weighted by Gasteiger charge is -2.09. The van der Waals surface area contributed by atoms with E-state index < -0.39 is 6.10 Å². The average molecular weight is 253 g/mol. The smallest absolute Gasteiger partial charge is 0.192 e. The monoisotopic (exact) mass is 253 g/mol.